The van der Waals surface area contributed by atoms with Crippen LogP contribution in [0.15, 0.2) is 54.6 Å². The maximum atomic E-state index is 12.8. The van der Waals surface area contributed by atoms with E-state index in [4.69, 9.17) is 4.74 Å². The Kier molecular flexibility index (Phi) is 5.48. The van der Waals surface area contributed by atoms with Gasteiger partial charge in [-0.1, -0.05) is 30.3 Å². The van der Waals surface area contributed by atoms with Crippen molar-refractivity contribution in [1.82, 2.24) is 15.1 Å². The van der Waals surface area contributed by atoms with Gasteiger partial charge in [0.15, 0.2) is 12.3 Å². The van der Waals surface area contributed by atoms with Gasteiger partial charge in [-0.15, -0.1) is 0 Å². The van der Waals surface area contributed by atoms with E-state index < -0.39 is 12.8 Å². The first-order valence-electron chi connectivity index (χ1n) is 9.63. The summed E-state index contributed by atoms with van der Waals surface area (Å²) in [6.07, 6.45) is -1.77. The first kappa shape index (κ1) is 20.0. The molecule has 1 aliphatic carbocycles. The molecule has 1 N–H and O–H groups in total. The average Bonchev–Trinajstić information content (AvgIpc) is 3.34. The van der Waals surface area contributed by atoms with E-state index in [-0.39, 0.29) is 18.2 Å². The van der Waals surface area contributed by atoms with Crippen molar-refractivity contribution in [2.45, 2.75) is 32.0 Å². The van der Waals surface area contributed by atoms with Gasteiger partial charge in [0.05, 0.1) is 5.69 Å². The number of halogens is 3. The van der Waals surface area contributed by atoms with Crippen LogP contribution in [0.1, 0.15) is 33.7 Å². The van der Waals surface area contributed by atoms with Gasteiger partial charge < -0.3 is 10.1 Å². The molecule has 5 nitrogen and oxygen atoms in total. The van der Waals surface area contributed by atoms with Crippen LogP contribution in [-0.4, -0.2) is 28.5 Å². The lowest BCUT2D eigenvalue weighted by Crippen LogP contribution is -2.24. The summed E-state index contributed by atoms with van der Waals surface area (Å²) in [5, 5.41) is 7.36. The molecule has 8 heteroatoms. The molecule has 0 aliphatic heterocycles. The van der Waals surface area contributed by atoms with E-state index in [0.717, 1.165) is 36.2 Å². The minimum atomic E-state index is -4.40. The molecule has 1 aromatic heterocycles. The molecule has 0 spiro atoms. The monoisotopic (exact) mass is 415 g/mol. The van der Waals surface area contributed by atoms with Crippen LogP contribution >= 0.6 is 0 Å². The number of amides is 1. The highest BCUT2D eigenvalue weighted by Crippen LogP contribution is 2.28. The van der Waals surface area contributed by atoms with Crippen LogP contribution in [0.2, 0.25) is 0 Å². The molecule has 1 aliphatic rings. The van der Waals surface area contributed by atoms with Gasteiger partial charge in [0, 0.05) is 17.8 Å². The van der Waals surface area contributed by atoms with E-state index >= 15 is 0 Å². The zero-order valence-corrected chi connectivity index (χ0v) is 16.1. The summed E-state index contributed by atoms with van der Waals surface area (Å²) in [5.41, 5.74) is 3.95. The lowest BCUT2D eigenvalue weighted by Gasteiger charge is -2.10. The number of aromatic nitrogens is 2. The normalized spacial score (nSPS) is 13.2. The maximum Gasteiger partial charge on any atom is 0.422 e. The van der Waals surface area contributed by atoms with Crippen molar-refractivity contribution in [3.8, 4) is 11.4 Å². The summed E-state index contributed by atoms with van der Waals surface area (Å²) < 4.78 is 43.6. The third-order valence-electron chi connectivity index (χ3n) is 4.90. The zero-order valence-electron chi connectivity index (χ0n) is 16.1. The molecule has 30 heavy (non-hydrogen) atoms. The van der Waals surface area contributed by atoms with Gasteiger partial charge in [-0.2, -0.15) is 18.3 Å². The second-order valence-electron chi connectivity index (χ2n) is 7.11. The molecule has 2 aromatic carbocycles. The van der Waals surface area contributed by atoms with Crippen molar-refractivity contribution in [1.29, 1.82) is 0 Å². The Bertz CT molecular complexity index is 1050. The van der Waals surface area contributed by atoms with Gasteiger partial charge in [-0.3, -0.25) is 4.79 Å². The number of carbonyl (C=O) groups is 1. The van der Waals surface area contributed by atoms with Gasteiger partial charge in [0.1, 0.15) is 5.75 Å². The van der Waals surface area contributed by atoms with Crippen molar-refractivity contribution < 1.29 is 22.7 Å². The highest BCUT2D eigenvalue weighted by Gasteiger charge is 2.29. The van der Waals surface area contributed by atoms with Gasteiger partial charge in [0.25, 0.3) is 5.91 Å². The standard InChI is InChI=1S/C22H20F3N3O2/c23-22(24,25)14-30-17-9-4-6-15(12-17)13-26-21(29)20-18-10-5-11-19(18)28(27-20)16-7-2-1-3-8-16/h1-4,6-9,12H,5,10-11,13-14H2,(H,26,29). The fourth-order valence-corrected chi connectivity index (χ4v) is 3.58. The molecule has 4 rings (SSSR count). The molecule has 1 heterocycles. The number of para-hydroxylation sites is 1. The molecule has 0 unspecified atom stereocenters. The van der Waals surface area contributed by atoms with Crippen LogP contribution in [-0.2, 0) is 19.4 Å². The Hall–Kier alpha value is -3.29. The minimum absolute atomic E-state index is 0.105. The molecular formula is C22H20F3N3O2. The van der Waals surface area contributed by atoms with Crippen molar-refractivity contribution in [3.05, 3.63) is 77.1 Å². The van der Waals surface area contributed by atoms with E-state index in [0.29, 0.717) is 11.3 Å². The fraction of sp³-hybridized carbons (Fsp3) is 0.273. The van der Waals surface area contributed by atoms with Crippen LogP contribution in [0.25, 0.3) is 5.69 Å². The summed E-state index contributed by atoms with van der Waals surface area (Å²) in [6, 6.07) is 15.9. The first-order chi connectivity index (χ1) is 14.4. The van der Waals surface area contributed by atoms with Crippen LogP contribution in [0.4, 0.5) is 13.2 Å². The lowest BCUT2D eigenvalue weighted by molar-refractivity contribution is -0.153. The SMILES string of the molecule is O=C(NCc1cccc(OCC(F)(F)F)c1)c1nn(-c2ccccc2)c2c1CCC2. The van der Waals surface area contributed by atoms with E-state index in [1.807, 2.05) is 35.0 Å². The van der Waals surface area contributed by atoms with Crippen molar-refractivity contribution in [2.24, 2.45) is 0 Å². The molecular weight excluding hydrogens is 395 g/mol. The number of rotatable bonds is 6. The highest BCUT2D eigenvalue weighted by atomic mass is 19.4. The Morgan fingerprint density at radius 3 is 2.67 bits per heavy atom. The quantitative estimate of drug-likeness (QED) is 0.656. The molecule has 156 valence electrons. The summed E-state index contributed by atoms with van der Waals surface area (Å²) in [5.74, 6) is -0.197. The predicted octanol–water partition coefficient (Wildman–Crippen LogP) is 4.23. The number of hydrogen-bond donors (Lipinski definition) is 1. The van der Waals surface area contributed by atoms with Gasteiger partial charge in [0.2, 0.25) is 0 Å². The van der Waals surface area contributed by atoms with Crippen LogP contribution in [0, 0.1) is 0 Å². The fourth-order valence-electron chi connectivity index (χ4n) is 3.58. The lowest BCUT2D eigenvalue weighted by atomic mass is 10.1. The number of nitrogens with one attached hydrogen (secondary N) is 1. The third-order valence-corrected chi connectivity index (χ3v) is 4.90. The van der Waals surface area contributed by atoms with Crippen LogP contribution in [0.3, 0.4) is 0 Å². The Balaban J connectivity index is 1.47. The number of carbonyl (C=O) groups excluding carboxylic acids is 1. The molecule has 1 amide bonds. The molecule has 0 radical (unpaired) electrons. The Morgan fingerprint density at radius 2 is 1.90 bits per heavy atom. The minimum Gasteiger partial charge on any atom is -0.484 e. The summed E-state index contributed by atoms with van der Waals surface area (Å²) >= 11 is 0. The number of benzene rings is 2. The first-order valence-corrected chi connectivity index (χ1v) is 9.63. The van der Waals surface area contributed by atoms with Gasteiger partial charge >= 0.3 is 6.18 Å². The highest BCUT2D eigenvalue weighted by molar-refractivity contribution is 5.94. The van der Waals surface area contributed by atoms with Crippen LogP contribution < -0.4 is 10.1 Å². The van der Waals surface area contributed by atoms with Gasteiger partial charge in [-0.05, 0) is 49.1 Å². The van der Waals surface area contributed by atoms with E-state index in [2.05, 4.69) is 10.4 Å². The zero-order chi connectivity index (χ0) is 21.1. The molecule has 0 saturated carbocycles. The molecule has 0 atom stereocenters. The number of ether oxygens (including phenoxy) is 1. The third kappa shape index (κ3) is 4.48. The largest absolute Gasteiger partial charge is 0.484 e. The molecule has 0 bridgehead atoms. The predicted molar refractivity (Wildman–Crippen MR) is 105 cm³/mol. The van der Waals surface area contributed by atoms with E-state index in [1.165, 1.54) is 12.1 Å². The summed E-state index contributed by atoms with van der Waals surface area (Å²) in [6.45, 7) is -1.19. The number of hydrogen-bond acceptors (Lipinski definition) is 3. The van der Waals surface area contributed by atoms with E-state index in [9.17, 15) is 18.0 Å². The number of alkyl halides is 3. The average molecular weight is 415 g/mol. The maximum absolute atomic E-state index is 12.8. The van der Waals surface area contributed by atoms with Crippen LogP contribution in [0.5, 0.6) is 5.75 Å². The topological polar surface area (TPSA) is 56.1 Å². The Labute approximate surface area is 171 Å². The smallest absolute Gasteiger partial charge is 0.422 e. The second kappa shape index (κ2) is 8.22. The Morgan fingerprint density at radius 1 is 1.10 bits per heavy atom. The molecule has 0 fully saturated rings. The van der Waals surface area contributed by atoms with E-state index in [1.54, 1.807) is 12.1 Å². The number of fused-ring (bicyclic) bond motifs is 1. The summed E-state index contributed by atoms with van der Waals surface area (Å²) in [4.78, 5) is 12.8. The van der Waals surface area contributed by atoms with Crippen molar-refractivity contribution >= 4 is 5.91 Å². The molecule has 0 saturated heterocycles. The van der Waals surface area contributed by atoms with Crippen molar-refractivity contribution in [3.63, 3.8) is 0 Å². The number of nitrogens with zero attached hydrogens (tertiary/aromatic N) is 2. The second-order valence-corrected chi connectivity index (χ2v) is 7.11. The van der Waals surface area contributed by atoms with Crippen molar-refractivity contribution in [2.75, 3.05) is 6.61 Å². The summed E-state index contributed by atoms with van der Waals surface area (Å²) in [7, 11) is 0. The van der Waals surface area contributed by atoms with Gasteiger partial charge in [-0.25, -0.2) is 4.68 Å². The molecule has 3 aromatic rings.